The molecule has 0 fully saturated rings. The van der Waals surface area contributed by atoms with Gasteiger partial charge in [-0.2, -0.15) is 0 Å². The summed E-state index contributed by atoms with van der Waals surface area (Å²) >= 11 is 0. The third kappa shape index (κ3) is 5.87. The Kier molecular flexibility index (Phi) is 7.75. The third-order valence-corrected chi connectivity index (χ3v) is 9.58. The second kappa shape index (κ2) is 13.0. The van der Waals surface area contributed by atoms with E-state index in [2.05, 4.69) is 145 Å². The Balaban J connectivity index is 1.36. The summed E-state index contributed by atoms with van der Waals surface area (Å²) < 4.78 is 0. The standard InChI is InChI=1S/C47H34N4/c1-31-14-6-3-2-4-7-19-35(26-31)44-29-40(45-27-34-18-10-11-20-36(34)30-48-45)38-24-23-37-39(42-25-22-33-17-12-13-21-41(33)49-42)28-43(32-15-8-5-9-16-32)50-46(37)47(38)51-44/h2-3,5-29,48H,1,4,30H2/b3-2-,14-6-,19-7-,35-26+. The van der Waals surface area contributed by atoms with Crippen LogP contribution in [-0.4, -0.2) is 15.0 Å². The summed E-state index contributed by atoms with van der Waals surface area (Å²) in [7, 11) is 0. The molecule has 9 rings (SSSR count). The maximum Gasteiger partial charge on any atom is 0.0979 e. The molecule has 1 aliphatic carbocycles. The number of para-hydroxylation sites is 1. The molecular formula is C47H34N4. The fourth-order valence-electron chi connectivity index (χ4n) is 7.00. The lowest BCUT2D eigenvalue weighted by molar-refractivity contribution is 0.879. The number of pyridine rings is 3. The summed E-state index contributed by atoms with van der Waals surface area (Å²) in [5.74, 6) is 0. The fraction of sp³-hybridized carbons (Fsp3) is 0.0426. The van der Waals surface area contributed by atoms with Crippen LogP contribution < -0.4 is 5.32 Å². The van der Waals surface area contributed by atoms with Crippen molar-refractivity contribution in [3.05, 3.63) is 192 Å². The lowest BCUT2D eigenvalue weighted by Gasteiger charge is -2.21. The monoisotopic (exact) mass is 654 g/mol. The second-order valence-corrected chi connectivity index (χ2v) is 12.9. The zero-order valence-electron chi connectivity index (χ0n) is 28.1. The number of hydrogen-bond acceptors (Lipinski definition) is 4. The van der Waals surface area contributed by atoms with Crippen LogP contribution in [-0.2, 0) is 6.54 Å². The van der Waals surface area contributed by atoms with Crippen molar-refractivity contribution in [3.8, 4) is 22.5 Å². The van der Waals surface area contributed by atoms with Gasteiger partial charge < -0.3 is 5.32 Å². The van der Waals surface area contributed by atoms with Crippen LogP contribution in [0.2, 0.25) is 0 Å². The van der Waals surface area contributed by atoms with Crippen LogP contribution in [0.15, 0.2) is 170 Å². The van der Waals surface area contributed by atoms with Gasteiger partial charge in [-0.25, -0.2) is 15.0 Å². The molecule has 4 aromatic carbocycles. The summed E-state index contributed by atoms with van der Waals surface area (Å²) in [6.07, 6.45) is 17.8. The minimum Gasteiger partial charge on any atom is -0.380 e. The van der Waals surface area contributed by atoms with Crippen LogP contribution in [0, 0.1) is 0 Å². The lowest BCUT2D eigenvalue weighted by atomic mass is 9.94. The zero-order chi connectivity index (χ0) is 34.1. The van der Waals surface area contributed by atoms with Gasteiger partial charge in [0.15, 0.2) is 0 Å². The predicted molar refractivity (Wildman–Crippen MR) is 214 cm³/mol. The predicted octanol–water partition coefficient (Wildman–Crippen LogP) is 11.3. The largest absolute Gasteiger partial charge is 0.380 e. The van der Waals surface area contributed by atoms with Crippen molar-refractivity contribution >= 4 is 50.1 Å². The first-order valence-electron chi connectivity index (χ1n) is 17.3. The summed E-state index contributed by atoms with van der Waals surface area (Å²) in [5.41, 5.74) is 13.9. The minimum absolute atomic E-state index is 0.749. The first kappa shape index (κ1) is 30.4. The van der Waals surface area contributed by atoms with Gasteiger partial charge in [0.2, 0.25) is 0 Å². The molecule has 4 heterocycles. The molecule has 3 aromatic heterocycles. The number of aromatic nitrogens is 3. The average molecular weight is 655 g/mol. The van der Waals surface area contributed by atoms with E-state index in [1.165, 1.54) is 11.1 Å². The Morgan fingerprint density at radius 2 is 1.35 bits per heavy atom. The van der Waals surface area contributed by atoms with Crippen molar-refractivity contribution in [1.29, 1.82) is 0 Å². The van der Waals surface area contributed by atoms with Gasteiger partial charge in [-0.15, -0.1) is 0 Å². The van der Waals surface area contributed by atoms with Gasteiger partial charge in [0, 0.05) is 50.7 Å². The molecular weight excluding hydrogens is 621 g/mol. The smallest absolute Gasteiger partial charge is 0.0979 e. The van der Waals surface area contributed by atoms with E-state index in [9.17, 15) is 0 Å². The van der Waals surface area contributed by atoms with Crippen LogP contribution in [0.4, 0.5) is 0 Å². The molecule has 0 saturated heterocycles. The zero-order valence-corrected chi connectivity index (χ0v) is 28.1. The molecule has 0 radical (unpaired) electrons. The first-order chi connectivity index (χ1) is 25.2. The molecule has 4 nitrogen and oxygen atoms in total. The molecule has 1 N–H and O–H groups in total. The molecule has 242 valence electrons. The molecule has 0 amide bonds. The van der Waals surface area contributed by atoms with Crippen molar-refractivity contribution < 1.29 is 0 Å². The van der Waals surface area contributed by atoms with Crippen LogP contribution in [0.3, 0.4) is 0 Å². The highest BCUT2D eigenvalue weighted by molar-refractivity contribution is 6.12. The maximum atomic E-state index is 5.47. The van der Waals surface area contributed by atoms with Crippen molar-refractivity contribution in [3.63, 3.8) is 0 Å². The van der Waals surface area contributed by atoms with Gasteiger partial charge in [0.1, 0.15) is 0 Å². The van der Waals surface area contributed by atoms with Gasteiger partial charge >= 0.3 is 0 Å². The van der Waals surface area contributed by atoms with Crippen LogP contribution in [0.5, 0.6) is 0 Å². The molecule has 51 heavy (non-hydrogen) atoms. The molecule has 0 spiro atoms. The Bertz CT molecular complexity index is 2670. The summed E-state index contributed by atoms with van der Waals surface area (Å²) in [6.45, 7) is 5.07. The summed E-state index contributed by atoms with van der Waals surface area (Å²) in [6, 6.07) is 40.2. The van der Waals surface area contributed by atoms with Crippen molar-refractivity contribution in [1.82, 2.24) is 20.3 Å². The number of allylic oxidation sites excluding steroid dienone is 9. The lowest BCUT2D eigenvalue weighted by Crippen LogP contribution is -2.17. The van der Waals surface area contributed by atoms with Gasteiger partial charge in [-0.05, 0) is 59.5 Å². The Hall–Kier alpha value is -6.65. The minimum atomic E-state index is 0.749. The SMILES string of the molecule is C=C1/C=C\C=C/C/C=C\C(c2cc(C3=Cc4ccccc4CN3)c3ccc4c(-c5ccc6ccccc6n5)cc(-c5ccccc5)nc4c3n2)=C/1. The van der Waals surface area contributed by atoms with E-state index in [-0.39, 0.29) is 0 Å². The van der Waals surface area contributed by atoms with E-state index in [0.29, 0.717) is 0 Å². The van der Waals surface area contributed by atoms with Crippen molar-refractivity contribution in [2.24, 2.45) is 0 Å². The highest BCUT2D eigenvalue weighted by atomic mass is 14.9. The summed E-state index contributed by atoms with van der Waals surface area (Å²) in [4.78, 5) is 16.0. The topological polar surface area (TPSA) is 50.7 Å². The molecule has 1 aliphatic heterocycles. The molecule has 4 heteroatoms. The van der Waals surface area contributed by atoms with Gasteiger partial charge in [-0.1, -0.05) is 134 Å². The molecule has 0 atom stereocenters. The number of benzene rings is 4. The van der Waals surface area contributed by atoms with Crippen molar-refractivity contribution in [2.45, 2.75) is 13.0 Å². The fourth-order valence-corrected chi connectivity index (χ4v) is 7.00. The second-order valence-electron chi connectivity index (χ2n) is 12.9. The highest BCUT2D eigenvalue weighted by Gasteiger charge is 2.20. The maximum absolute atomic E-state index is 5.47. The molecule has 0 bridgehead atoms. The number of rotatable bonds is 4. The first-order valence-corrected chi connectivity index (χ1v) is 17.3. The quantitative estimate of drug-likeness (QED) is 0.192. The van der Waals surface area contributed by atoms with Crippen molar-refractivity contribution in [2.75, 3.05) is 0 Å². The number of fused-ring (bicyclic) bond motifs is 5. The van der Waals surface area contributed by atoms with E-state index in [4.69, 9.17) is 15.0 Å². The van der Waals surface area contributed by atoms with Crippen LogP contribution in [0.25, 0.3) is 72.6 Å². The summed E-state index contributed by atoms with van der Waals surface area (Å²) in [5, 5.41) is 6.88. The number of nitrogens with one attached hydrogen (secondary N) is 1. The Morgan fingerprint density at radius 3 is 2.25 bits per heavy atom. The molecule has 7 aromatic rings. The third-order valence-electron chi connectivity index (χ3n) is 9.58. The van der Waals surface area contributed by atoms with E-state index >= 15 is 0 Å². The van der Waals surface area contributed by atoms with E-state index in [0.717, 1.165) is 96.3 Å². The number of nitrogens with zero attached hydrogens (tertiary/aromatic N) is 3. The highest BCUT2D eigenvalue weighted by Crippen LogP contribution is 2.38. The van der Waals surface area contributed by atoms with E-state index in [1.54, 1.807) is 0 Å². The molecule has 0 unspecified atom stereocenters. The molecule has 2 aliphatic rings. The average Bonchev–Trinajstić information content (AvgIpc) is 3.19. The van der Waals surface area contributed by atoms with Gasteiger partial charge in [-0.3, -0.25) is 0 Å². The number of hydrogen-bond donors (Lipinski definition) is 1. The van der Waals surface area contributed by atoms with Gasteiger partial charge in [0.25, 0.3) is 0 Å². The van der Waals surface area contributed by atoms with E-state index < -0.39 is 0 Å². The Labute approximate surface area is 297 Å². The van der Waals surface area contributed by atoms with Crippen LogP contribution >= 0.6 is 0 Å². The van der Waals surface area contributed by atoms with E-state index in [1.807, 2.05) is 30.4 Å². The normalized spacial score (nSPS) is 17.2. The Morgan fingerprint density at radius 1 is 0.588 bits per heavy atom. The molecule has 0 saturated carbocycles. The van der Waals surface area contributed by atoms with Gasteiger partial charge in [0.05, 0.1) is 33.6 Å². The van der Waals surface area contributed by atoms with Crippen LogP contribution in [0.1, 0.15) is 28.8 Å².